The fraction of sp³-hybridized carbons (Fsp3) is 0. The van der Waals surface area contributed by atoms with Crippen LogP contribution in [0, 0.1) is 5.13 Å². The van der Waals surface area contributed by atoms with Gasteiger partial charge in [-0.3, -0.25) is 15.2 Å². The van der Waals surface area contributed by atoms with Crippen molar-refractivity contribution in [1.82, 2.24) is 40.3 Å². The van der Waals surface area contributed by atoms with E-state index in [9.17, 15) is 4.39 Å². The molecule has 29 heavy (non-hydrogen) atoms. The van der Waals surface area contributed by atoms with Crippen LogP contribution in [-0.2, 0) is 0 Å². The lowest BCUT2D eigenvalue weighted by Crippen LogP contribution is -1.84. The van der Waals surface area contributed by atoms with Crippen LogP contribution >= 0.6 is 11.3 Å². The average molecular weight is 402 g/mol. The number of halogens is 1. The Hall–Kier alpha value is -3.92. The molecular formula is C19H11FN8S. The molecule has 10 heteroatoms. The second kappa shape index (κ2) is 6.04. The Labute approximate surface area is 165 Å². The van der Waals surface area contributed by atoms with Crippen LogP contribution in [0.3, 0.4) is 0 Å². The van der Waals surface area contributed by atoms with Crippen molar-refractivity contribution >= 4 is 33.4 Å². The quantitative estimate of drug-likeness (QED) is 0.412. The molecule has 6 rings (SSSR count). The van der Waals surface area contributed by atoms with E-state index in [1.165, 1.54) is 6.07 Å². The minimum Gasteiger partial charge on any atom is -0.336 e. The molecule has 0 spiro atoms. The third-order valence-corrected chi connectivity index (χ3v) is 5.56. The van der Waals surface area contributed by atoms with Crippen molar-refractivity contribution in [2.24, 2.45) is 0 Å². The molecule has 6 heterocycles. The lowest BCUT2D eigenvalue weighted by molar-refractivity contribution is 0.657. The minimum atomic E-state index is -0.259. The van der Waals surface area contributed by atoms with Gasteiger partial charge in [0.2, 0.25) is 0 Å². The monoisotopic (exact) mass is 402 g/mol. The number of hydrogen-bond acceptors (Lipinski definition) is 6. The summed E-state index contributed by atoms with van der Waals surface area (Å²) in [5.74, 6) is 0.587. The summed E-state index contributed by atoms with van der Waals surface area (Å²) in [6.45, 7) is 0. The maximum atomic E-state index is 13.5. The van der Waals surface area contributed by atoms with Crippen LogP contribution in [0.5, 0.6) is 0 Å². The molecule has 0 saturated carbocycles. The van der Waals surface area contributed by atoms with Gasteiger partial charge in [0.15, 0.2) is 16.6 Å². The van der Waals surface area contributed by atoms with Gasteiger partial charge in [-0.15, -0.1) is 11.3 Å². The highest BCUT2D eigenvalue weighted by molar-refractivity contribution is 7.13. The molecule has 8 nitrogen and oxygen atoms in total. The molecule has 0 atom stereocenters. The molecule has 0 saturated heterocycles. The number of aromatic nitrogens is 8. The molecule has 0 bridgehead atoms. The number of imidazole rings is 1. The molecule has 0 aromatic carbocycles. The smallest absolute Gasteiger partial charge is 0.177 e. The summed E-state index contributed by atoms with van der Waals surface area (Å²) in [4.78, 5) is 17.6. The van der Waals surface area contributed by atoms with Crippen LogP contribution in [-0.4, -0.2) is 40.3 Å². The summed E-state index contributed by atoms with van der Waals surface area (Å²) in [5.41, 5.74) is 5.26. The zero-order valence-electron chi connectivity index (χ0n) is 14.6. The van der Waals surface area contributed by atoms with Gasteiger partial charge in [0, 0.05) is 29.7 Å². The van der Waals surface area contributed by atoms with Crippen LogP contribution in [0.1, 0.15) is 0 Å². The van der Waals surface area contributed by atoms with Crippen LogP contribution in [0.4, 0.5) is 4.39 Å². The van der Waals surface area contributed by atoms with E-state index in [4.69, 9.17) is 4.98 Å². The summed E-state index contributed by atoms with van der Waals surface area (Å²) >= 11 is 1.04. The van der Waals surface area contributed by atoms with Gasteiger partial charge in [-0.05, 0) is 24.3 Å². The Bertz CT molecular complexity index is 1480. The van der Waals surface area contributed by atoms with Crippen molar-refractivity contribution in [3.8, 4) is 33.2 Å². The molecular weight excluding hydrogens is 391 g/mol. The number of rotatable bonds is 3. The number of aromatic amines is 3. The number of nitrogens with zero attached hydrogens (tertiary/aromatic N) is 5. The van der Waals surface area contributed by atoms with Crippen molar-refractivity contribution in [2.75, 3.05) is 0 Å². The van der Waals surface area contributed by atoms with Crippen molar-refractivity contribution in [3.05, 3.63) is 54.2 Å². The van der Waals surface area contributed by atoms with Crippen molar-refractivity contribution in [2.45, 2.75) is 0 Å². The van der Waals surface area contributed by atoms with Crippen molar-refractivity contribution in [3.63, 3.8) is 0 Å². The van der Waals surface area contributed by atoms with Gasteiger partial charge in [0.05, 0.1) is 22.0 Å². The van der Waals surface area contributed by atoms with Gasteiger partial charge in [-0.1, -0.05) is 0 Å². The summed E-state index contributed by atoms with van der Waals surface area (Å²) in [7, 11) is 0. The zero-order valence-corrected chi connectivity index (χ0v) is 15.5. The van der Waals surface area contributed by atoms with E-state index in [0.29, 0.717) is 28.4 Å². The van der Waals surface area contributed by atoms with E-state index < -0.39 is 0 Å². The van der Waals surface area contributed by atoms with E-state index in [0.717, 1.165) is 38.2 Å². The van der Waals surface area contributed by atoms with E-state index in [2.05, 4.69) is 35.3 Å². The Morgan fingerprint density at radius 1 is 1.00 bits per heavy atom. The van der Waals surface area contributed by atoms with E-state index >= 15 is 0 Å². The topological polar surface area (TPSA) is 112 Å². The first-order valence-electron chi connectivity index (χ1n) is 8.70. The number of H-pyrrole nitrogens is 3. The number of nitrogens with one attached hydrogen (secondary N) is 3. The van der Waals surface area contributed by atoms with E-state index in [1.54, 1.807) is 24.7 Å². The van der Waals surface area contributed by atoms with Crippen molar-refractivity contribution in [1.29, 1.82) is 0 Å². The first-order chi connectivity index (χ1) is 14.3. The number of fused-ring (bicyclic) bond motifs is 2. The normalized spacial score (nSPS) is 11.6. The highest BCUT2D eigenvalue weighted by atomic mass is 32.1. The highest BCUT2D eigenvalue weighted by Gasteiger charge is 2.17. The number of pyridine rings is 2. The molecule has 0 unspecified atom stereocenters. The predicted octanol–water partition coefficient (Wildman–Crippen LogP) is 4.15. The SMILES string of the molecule is Fc1ccc(-c2nccc3[nH]c(-c4n[nH]c5ncc(-c6cn[nH]c6)cc45)nc23)s1. The molecule has 0 aliphatic carbocycles. The van der Waals surface area contributed by atoms with Gasteiger partial charge >= 0.3 is 0 Å². The Balaban J connectivity index is 1.53. The van der Waals surface area contributed by atoms with Crippen LogP contribution in [0.15, 0.2) is 49.1 Å². The molecule has 6 aromatic heterocycles. The Kier molecular flexibility index (Phi) is 3.35. The van der Waals surface area contributed by atoms with Crippen LogP contribution < -0.4 is 0 Å². The molecule has 3 N–H and O–H groups in total. The Morgan fingerprint density at radius 2 is 1.97 bits per heavy atom. The minimum absolute atomic E-state index is 0.259. The third-order valence-electron chi connectivity index (χ3n) is 4.68. The fourth-order valence-electron chi connectivity index (χ4n) is 3.32. The first kappa shape index (κ1) is 16.1. The molecule has 0 aliphatic rings. The Morgan fingerprint density at radius 3 is 2.79 bits per heavy atom. The standard InChI is InChI=1S/C19H11FN8S/c20-14-2-1-13(29-14)17-16-12(3-4-21-17)25-19(26-16)15-11-5-9(10-7-23-24-8-10)6-22-18(11)28-27-15/h1-8H,(H,23,24)(H,25,26)(H,22,27,28). The van der Waals surface area contributed by atoms with E-state index in [-0.39, 0.29) is 5.13 Å². The molecule has 6 aromatic rings. The number of thiophene rings is 1. The highest BCUT2D eigenvalue weighted by Crippen LogP contribution is 2.33. The molecule has 0 amide bonds. The second-order valence-corrected chi connectivity index (χ2v) is 7.46. The molecule has 0 aliphatic heterocycles. The van der Waals surface area contributed by atoms with Crippen LogP contribution in [0.2, 0.25) is 0 Å². The lowest BCUT2D eigenvalue weighted by atomic mass is 10.1. The third kappa shape index (κ3) is 2.53. The molecule has 0 radical (unpaired) electrons. The molecule has 0 fully saturated rings. The lowest BCUT2D eigenvalue weighted by Gasteiger charge is -1.97. The number of hydrogen-bond donors (Lipinski definition) is 3. The predicted molar refractivity (Wildman–Crippen MR) is 108 cm³/mol. The molecule has 140 valence electrons. The van der Waals surface area contributed by atoms with Gasteiger partial charge in [-0.2, -0.15) is 14.6 Å². The summed E-state index contributed by atoms with van der Waals surface area (Å²) in [5, 5.41) is 14.7. The average Bonchev–Trinajstić information content (AvgIpc) is 3.51. The second-order valence-electron chi connectivity index (χ2n) is 6.42. The maximum Gasteiger partial charge on any atom is 0.177 e. The summed E-state index contributed by atoms with van der Waals surface area (Å²) in [6.07, 6.45) is 6.99. The maximum absolute atomic E-state index is 13.5. The van der Waals surface area contributed by atoms with E-state index in [1.807, 2.05) is 18.3 Å². The summed E-state index contributed by atoms with van der Waals surface area (Å²) in [6, 6.07) is 6.97. The van der Waals surface area contributed by atoms with Gasteiger partial charge in [0.25, 0.3) is 0 Å². The largest absolute Gasteiger partial charge is 0.336 e. The fourth-order valence-corrected chi connectivity index (χ4v) is 4.05. The van der Waals surface area contributed by atoms with Gasteiger partial charge < -0.3 is 4.98 Å². The van der Waals surface area contributed by atoms with Gasteiger partial charge in [0.1, 0.15) is 16.9 Å². The van der Waals surface area contributed by atoms with Crippen molar-refractivity contribution < 1.29 is 4.39 Å². The summed E-state index contributed by atoms with van der Waals surface area (Å²) < 4.78 is 13.5. The first-order valence-corrected chi connectivity index (χ1v) is 9.52. The van der Waals surface area contributed by atoms with Crippen LogP contribution in [0.25, 0.3) is 55.3 Å². The van der Waals surface area contributed by atoms with Gasteiger partial charge in [-0.25, -0.2) is 9.97 Å². The zero-order chi connectivity index (χ0) is 19.4.